The van der Waals surface area contributed by atoms with Gasteiger partial charge in [-0.2, -0.15) is 13.2 Å². The van der Waals surface area contributed by atoms with Crippen LogP contribution in [0.25, 0.3) is 0 Å². The second kappa shape index (κ2) is 10.8. The SMILES string of the molecule is CCCSS/C(CCO)=C(/C)N(Cc1ccc(C(F)(F)F)nc1)C(C)=O. The molecule has 26 heavy (non-hydrogen) atoms. The van der Waals surface area contributed by atoms with Crippen LogP contribution in [0.3, 0.4) is 0 Å². The number of allylic oxidation sites excluding steroid dienone is 1. The Kier molecular flexibility index (Phi) is 9.52. The molecule has 0 saturated heterocycles. The Bertz CT molecular complexity index is 619. The van der Waals surface area contributed by atoms with Gasteiger partial charge >= 0.3 is 6.18 Å². The predicted molar refractivity (Wildman–Crippen MR) is 100 cm³/mol. The van der Waals surface area contributed by atoms with Crippen molar-refractivity contribution in [3.8, 4) is 0 Å². The number of aliphatic hydroxyl groups excluding tert-OH is 1. The molecule has 0 unspecified atom stereocenters. The lowest BCUT2D eigenvalue weighted by Gasteiger charge is -2.24. The van der Waals surface area contributed by atoms with Gasteiger partial charge in [0.1, 0.15) is 5.69 Å². The number of hydrogen-bond acceptors (Lipinski definition) is 5. The molecule has 0 aliphatic rings. The summed E-state index contributed by atoms with van der Waals surface area (Å²) in [6, 6.07) is 2.23. The molecule has 0 aliphatic heterocycles. The van der Waals surface area contributed by atoms with E-state index in [1.807, 2.05) is 0 Å². The molecule has 0 saturated carbocycles. The number of carbonyl (C=O) groups is 1. The Morgan fingerprint density at radius 2 is 2.00 bits per heavy atom. The van der Waals surface area contributed by atoms with Crippen molar-refractivity contribution in [2.75, 3.05) is 12.4 Å². The van der Waals surface area contributed by atoms with E-state index in [1.54, 1.807) is 17.7 Å². The molecule has 1 heterocycles. The van der Waals surface area contributed by atoms with Crippen molar-refractivity contribution in [2.24, 2.45) is 0 Å². The average molecular weight is 409 g/mol. The highest BCUT2D eigenvalue weighted by Gasteiger charge is 2.32. The first kappa shape index (κ1) is 22.9. The largest absolute Gasteiger partial charge is 0.433 e. The van der Waals surface area contributed by atoms with Gasteiger partial charge < -0.3 is 10.0 Å². The van der Waals surface area contributed by atoms with Crippen LogP contribution in [0.15, 0.2) is 28.9 Å². The van der Waals surface area contributed by atoms with Crippen molar-refractivity contribution in [1.29, 1.82) is 0 Å². The molecule has 0 fully saturated rings. The summed E-state index contributed by atoms with van der Waals surface area (Å²) in [5.41, 5.74) is 0.234. The summed E-state index contributed by atoms with van der Waals surface area (Å²) in [6.45, 7) is 5.33. The first-order valence-corrected chi connectivity index (χ1v) is 10.4. The van der Waals surface area contributed by atoms with Crippen LogP contribution in [-0.4, -0.2) is 33.3 Å². The van der Waals surface area contributed by atoms with Gasteiger partial charge in [0.2, 0.25) is 5.91 Å². The maximum atomic E-state index is 12.6. The van der Waals surface area contributed by atoms with Crippen molar-refractivity contribution in [2.45, 2.75) is 46.3 Å². The summed E-state index contributed by atoms with van der Waals surface area (Å²) in [5, 5.41) is 9.28. The van der Waals surface area contributed by atoms with E-state index >= 15 is 0 Å². The fraction of sp³-hybridized carbons (Fsp3) is 0.529. The molecule has 0 bridgehead atoms. The number of aliphatic hydroxyl groups is 1. The molecule has 1 aromatic rings. The predicted octanol–water partition coefficient (Wildman–Crippen LogP) is 4.85. The highest BCUT2D eigenvalue weighted by Crippen LogP contribution is 2.36. The van der Waals surface area contributed by atoms with E-state index in [4.69, 9.17) is 0 Å². The van der Waals surface area contributed by atoms with Crippen LogP contribution in [0.4, 0.5) is 13.2 Å². The summed E-state index contributed by atoms with van der Waals surface area (Å²) < 4.78 is 37.8. The lowest BCUT2D eigenvalue weighted by Crippen LogP contribution is -2.27. The summed E-state index contributed by atoms with van der Waals surface area (Å²) >= 11 is 0. The zero-order chi connectivity index (χ0) is 19.7. The number of carbonyl (C=O) groups excluding carboxylic acids is 1. The van der Waals surface area contributed by atoms with E-state index in [2.05, 4.69) is 11.9 Å². The summed E-state index contributed by atoms with van der Waals surface area (Å²) in [4.78, 5) is 17.9. The molecule has 4 nitrogen and oxygen atoms in total. The van der Waals surface area contributed by atoms with E-state index in [-0.39, 0.29) is 19.1 Å². The van der Waals surface area contributed by atoms with Gasteiger partial charge in [-0.05, 0) is 25.0 Å². The van der Waals surface area contributed by atoms with Crippen LogP contribution in [0.1, 0.15) is 44.9 Å². The number of halogens is 3. The molecule has 0 aromatic carbocycles. The molecule has 0 spiro atoms. The van der Waals surface area contributed by atoms with E-state index in [0.29, 0.717) is 17.7 Å². The fourth-order valence-corrected chi connectivity index (χ4v) is 4.65. The van der Waals surface area contributed by atoms with E-state index in [1.165, 1.54) is 28.7 Å². The minimum absolute atomic E-state index is 0.0417. The third-order valence-corrected chi connectivity index (χ3v) is 6.28. The zero-order valence-electron chi connectivity index (χ0n) is 15.0. The number of nitrogens with zero attached hydrogens (tertiary/aromatic N) is 2. The molecule has 9 heteroatoms. The third kappa shape index (κ3) is 7.20. The molecule has 146 valence electrons. The number of amides is 1. The lowest BCUT2D eigenvalue weighted by atomic mass is 10.2. The standard InChI is InChI=1S/C17H23F3N2O2S2/c1-4-9-25-26-15(7-8-23)12(2)22(13(3)24)11-14-5-6-16(21-10-14)17(18,19)20/h5-6,10,23H,4,7-9,11H2,1-3H3/b15-12-. The van der Waals surface area contributed by atoms with Crippen molar-refractivity contribution in [3.63, 3.8) is 0 Å². The van der Waals surface area contributed by atoms with Gasteiger partial charge in [0.25, 0.3) is 0 Å². The number of pyridine rings is 1. The van der Waals surface area contributed by atoms with Crippen LogP contribution in [0.5, 0.6) is 0 Å². The molecule has 1 N–H and O–H groups in total. The van der Waals surface area contributed by atoms with Gasteiger partial charge in [0.15, 0.2) is 0 Å². The summed E-state index contributed by atoms with van der Waals surface area (Å²) in [7, 11) is 3.16. The molecule has 1 amide bonds. The van der Waals surface area contributed by atoms with E-state index < -0.39 is 11.9 Å². The molecule has 0 atom stereocenters. The van der Waals surface area contributed by atoms with Crippen LogP contribution in [0, 0.1) is 0 Å². The topological polar surface area (TPSA) is 53.4 Å². The number of aromatic nitrogens is 1. The van der Waals surface area contributed by atoms with Gasteiger partial charge in [0.05, 0.1) is 6.54 Å². The maximum Gasteiger partial charge on any atom is 0.433 e. The zero-order valence-corrected chi connectivity index (χ0v) is 16.6. The molecule has 1 rings (SSSR count). The number of alkyl halides is 3. The van der Waals surface area contributed by atoms with Gasteiger partial charge in [-0.15, -0.1) is 0 Å². The average Bonchev–Trinajstić information content (AvgIpc) is 2.58. The smallest absolute Gasteiger partial charge is 0.396 e. The quantitative estimate of drug-likeness (QED) is 0.467. The van der Waals surface area contributed by atoms with Gasteiger partial charge in [-0.1, -0.05) is 34.6 Å². The Labute approximate surface area is 159 Å². The number of hydrogen-bond donors (Lipinski definition) is 1. The first-order chi connectivity index (χ1) is 12.2. The Balaban J connectivity index is 3.01. The Hall–Kier alpha value is -1.19. The van der Waals surface area contributed by atoms with Crippen LogP contribution >= 0.6 is 21.6 Å². The minimum atomic E-state index is -4.49. The lowest BCUT2D eigenvalue weighted by molar-refractivity contribution is -0.141. The highest BCUT2D eigenvalue weighted by molar-refractivity contribution is 8.78. The minimum Gasteiger partial charge on any atom is -0.396 e. The van der Waals surface area contributed by atoms with Gasteiger partial charge in [-0.3, -0.25) is 9.78 Å². The summed E-state index contributed by atoms with van der Waals surface area (Å²) in [6.07, 6.45) is -1.92. The van der Waals surface area contributed by atoms with E-state index in [0.717, 1.165) is 29.3 Å². The number of rotatable bonds is 9. The Morgan fingerprint density at radius 3 is 2.46 bits per heavy atom. The van der Waals surface area contributed by atoms with Gasteiger partial charge in [0, 0.05) is 42.5 Å². The maximum absolute atomic E-state index is 12.6. The monoisotopic (exact) mass is 408 g/mol. The molecule has 0 radical (unpaired) electrons. The first-order valence-electron chi connectivity index (χ1n) is 8.11. The van der Waals surface area contributed by atoms with Crippen molar-refractivity contribution in [1.82, 2.24) is 9.88 Å². The molecular weight excluding hydrogens is 385 g/mol. The summed E-state index contributed by atoms with van der Waals surface area (Å²) in [5.74, 6) is 0.717. The van der Waals surface area contributed by atoms with Crippen molar-refractivity contribution < 1.29 is 23.1 Å². The third-order valence-electron chi connectivity index (χ3n) is 3.43. The van der Waals surface area contributed by atoms with E-state index in [9.17, 15) is 23.1 Å². The normalized spacial score (nSPS) is 12.7. The van der Waals surface area contributed by atoms with Crippen LogP contribution in [0.2, 0.25) is 0 Å². The Morgan fingerprint density at radius 1 is 1.31 bits per heavy atom. The second-order valence-electron chi connectivity index (χ2n) is 5.54. The van der Waals surface area contributed by atoms with Crippen molar-refractivity contribution in [3.05, 3.63) is 40.2 Å². The molecular formula is C17H23F3N2O2S2. The van der Waals surface area contributed by atoms with Crippen LogP contribution < -0.4 is 0 Å². The van der Waals surface area contributed by atoms with Crippen molar-refractivity contribution >= 4 is 27.5 Å². The second-order valence-corrected chi connectivity index (χ2v) is 8.05. The molecule has 0 aliphatic carbocycles. The fourth-order valence-electron chi connectivity index (χ4n) is 2.07. The highest BCUT2D eigenvalue weighted by atomic mass is 33.1. The van der Waals surface area contributed by atoms with Gasteiger partial charge in [-0.25, -0.2) is 0 Å². The molecule has 1 aromatic heterocycles. The van der Waals surface area contributed by atoms with Crippen LogP contribution in [-0.2, 0) is 17.5 Å².